The zero-order valence-electron chi connectivity index (χ0n) is 14.1. The summed E-state index contributed by atoms with van der Waals surface area (Å²) in [5.74, 6) is 0.393. The molecule has 1 atom stereocenters. The number of ketones is 1. The zero-order valence-corrected chi connectivity index (χ0v) is 14.1. The van der Waals surface area contributed by atoms with Gasteiger partial charge in [0.1, 0.15) is 5.78 Å². The summed E-state index contributed by atoms with van der Waals surface area (Å²) in [5, 5.41) is 0. The van der Waals surface area contributed by atoms with Gasteiger partial charge in [0.2, 0.25) is 0 Å². The lowest BCUT2D eigenvalue weighted by Gasteiger charge is -2.35. The smallest absolute Gasteiger partial charge is 0.143 e. The number of rotatable bonds is 5. The molecule has 0 fully saturated rings. The van der Waals surface area contributed by atoms with Crippen LogP contribution in [0.1, 0.15) is 36.5 Å². The Hall–Kier alpha value is -1.93. The third kappa shape index (κ3) is 3.37. The fourth-order valence-corrected chi connectivity index (χ4v) is 3.61. The predicted molar refractivity (Wildman–Crippen MR) is 94.5 cm³/mol. The quantitative estimate of drug-likeness (QED) is 0.832. The fourth-order valence-electron chi connectivity index (χ4n) is 3.61. The van der Waals surface area contributed by atoms with E-state index in [9.17, 15) is 4.79 Å². The normalized spacial score (nSPS) is 20.6. The van der Waals surface area contributed by atoms with Gasteiger partial charge in [0.05, 0.1) is 5.41 Å². The Balaban J connectivity index is 1.70. The maximum Gasteiger partial charge on any atom is 0.143 e. The van der Waals surface area contributed by atoms with Gasteiger partial charge in [-0.2, -0.15) is 0 Å². The molecule has 2 nitrogen and oxygen atoms in total. The summed E-state index contributed by atoms with van der Waals surface area (Å²) >= 11 is 0. The second-order valence-corrected chi connectivity index (χ2v) is 6.89. The average Bonchev–Trinajstić information content (AvgIpc) is 2.58. The minimum atomic E-state index is -0.334. The maximum absolute atomic E-state index is 12.6. The van der Waals surface area contributed by atoms with Crippen LogP contribution in [0.25, 0.3) is 0 Å². The van der Waals surface area contributed by atoms with Gasteiger partial charge in [-0.15, -0.1) is 0 Å². The minimum absolute atomic E-state index is 0.334. The molecule has 3 rings (SSSR count). The van der Waals surface area contributed by atoms with Crippen LogP contribution in [0.2, 0.25) is 0 Å². The van der Waals surface area contributed by atoms with Crippen molar-refractivity contribution in [3.8, 4) is 0 Å². The van der Waals surface area contributed by atoms with Gasteiger partial charge >= 0.3 is 0 Å². The van der Waals surface area contributed by atoms with Crippen LogP contribution in [0.5, 0.6) is 0 Å². The van der Waals surface area contributed by atoms with Gasteiger partial charge in [-0.05, 0) is 50.0 Å². The summed E-state index contributed by atoms with van der Waals surface area (Å²) in [6.45, 7) is 3.97. The summed E-state index contributed by atoms with van der Waals surface area (Å²) in [7, 11) is 2.13. The molecule has 1 aliphatic carbocycles. The van der Waals surface area contributed by atoms with Crippen LogP contribution in [0, 0.1) is 0 Å². The van der Waals surface area contributed by atoms with E-state index < -0.39 is 0 Å². The minimum Gasteiger partial charge on any atom is -0.302 e. The van der Waals surface area contributed by atoms with Gasteiger partial charge in [-0.1, -0.05) is 54.6 Å². The van der Waals surface area contributed by atoms with E-state index in [4.69, 9.17) is 0 Å². The van der Waals surface area contributed by atoms with E-state index in [1.54, 1.807) is 0 Å². The molecule has 2 aromatic rings. The number of hydrogen-bond acceptors (Lipinski definition) is 2. The molecule has 0 heterocycles. The third-order valence-corrected chi connectivity index (χ3v) is 5.14. The van der Waals surface area contributed by atoms with Gasteiger partial charge in [0, 0.05) is 13.0 Å². The summed E-state index contributed by atoms with van der Waals surface area (Å²) in [6, 6.07) is 19.0. The summed E-state index contributed by atoms with van der Waals surface area (Å²) in [6.07, 6.45) is 2.45. The lowest BCUT2D eigenvalue weighted by atomic mass is 9.68. The molecule has 0 saturated heterocycles. The SMILES string of the molecule is CN(CC[C@]1(C)C(=O)CCc2ccccc21)Cc1ccccc1. The predicted octanol–water partition coefficient (Wildman–Crippen LogP) is 3.98. The number of aryl methyl sites for hydroxylation is 1. The van der Waals surface area contributed by atoms with Crippen molar-refractivity contribution in [2.45, 2.75) is 38.1 Å². The zero-order chi connectivity index (χ0) is 16.3. The standard InChI is InChI=1S/C21H25NO/c1-21(14-15-22(2)16-17-8-4-3-5-9-17)19-11-7-6-10-18(19)12-13-20(21)23/h3-11H,12-16H2,1-2H3/t21-/m0/s1. The second kappa shape index (κ2) is 6.67. The molecule has 2 heteroatoms. The van der Waals surface area contributed by atoms with Crippen LogP contribution in [-0.2, 0) is 23.2 Å². The molecule has 0 amide bonds. The van der Waals surface area contributed by atoms with Gasteiger partial charge in [0.25, 0.3) is 0 Å². The average molecular weight is 307 g/mol. The summed E-state index contributed by atoms with van der Waals surface area (Å²) < 4.78 is 0. The van der Waals surface area contributed by atoms with Crippen molar-refractivity contribution in [1.82, 2.24) is 4.90 Å². The molecule has 0 unspecified atom stereocenters. The molecular weight excluding hydrogens is 282 g/mol. The highest BCUT2D eigenvalue weighted by Crippen LogP contribution is 2.37. The van der Waals surface area contributed by atoms with Crippen molar-refractivity contribution in [2.75, 3.05) is 13.6 Å². The summed E-state index contributed by atoms with van der Waals surface area (Å²) in [4.78, 5) is 14.9. The molecule has 0 saturated carbocycles. The number of Topliss-reactive ketones (excluding diaryl/α,β-unsaturated/α-hetero) is 1. The molecule has 0 bridgehead atoms. The number of nitrogens with zero attached hydrogens (tertiary/aromatic N) is 1. The van der Waals surface area contributed by atoms with Crippen LogP contribution in [0.15, 0.2) is 54.6 Å². The van der Waals surface area contributed by atoms with Crippen molar-refractivity contribution < 1.29 is 4.79 Å². The van der Waals surface area contributed by atoms with Gasteiger partial charge in [0.15, 0.2) is 0 Å². The lowest BCUT2D eigenvalue weighted by Crippen LogP contribution is -2.40. The molecule has 0 aromatic heterocycles. The maximum atomic E-state index is 12.6. The van der Waals surface area contributed by atoms with Gasteiger partial charge < -0.3 is 4.90 Å². The Morgan fingerprint density at radius 3 is 2.48 bits per heavy atom. The van der Waals surface area contributed by atoms with E-state index >= 15 is 0 Å². The van der Waals surface area contributed by atoms with Crippen LogP contribution < -0.4 is 0 Å². The summed E-state index contributed by atoms with van der Waals surface area (Å²) in [5.41, 5.74) is 3.57. The highest BCUT2D eigenvalue weighted by Gasteiger charge is 2.38. The Labute approximate surface area is 139 Å². The molecule has 2 aromatic carbocycles. The number of carbonyl (C=O) groups excluding carboxylic acids is 1. The molecular formula is C21H25NO. The molecule has 23 heavy (non-hydrogen) atoms. The first kappa shape index (κ1) is 15.9. The third-order valence-electron chi connectivity index (χ3n) is 5.14. The Bertz CT molecular complexity index is 679. The molecule has 0 N–H and O–H groups in total. The molecule has 0 radical (unpaired) electrons. The van der Waals surface area contributed by atoms with E-state index in [2.05, 4.69) is 67.4 Å². The molecule has 120 valence electrons. The highest BCUT2D eigenvalue weighted by atomic mass is 16.1. The van der Waals surface area contributed by atoms with Crippen molar-refractivity contribution in [2.24, 2.45) is 0 Å². The first-order valence-electron chi connectivity index (χ1n) is 8.44. The van der Waals surface area contributed by atoms with Crippen LogP contribution in [0.3, 0.4) is 0 Å². The topological polar surface area (TPSA) is 20.3 Å². The Morgan fingerprint density at radius 2 is 1.70 bits per heavy atom. The molecule has 1 aliphatic rings. The van der Waals surface area contributed by atoms with Crippen molar-refractivity contribution in [3.63, 3.8) is 0 Å². The number of carbonyl (C=O) groups is 1. The van der Waals surface area contributed by atoms with Gasteiger partial charge in [-0.3, -0.25) is 4.79 Å². The first-order valence-corrected chi connectivity index (χ1v) is 8.44. The number of benzene rings is 2. The largest absolute Gasteiger partial charge is 0.302 e. The van der Waals surface area contributed by atoms with Crippen LogP contribution in [-0.4, -0.2) is 24.3 Å². The number of fused-ring (bicyclic) bond motifs is 1. The monoisotopic (exact) mass is 307 g/mol. The number of hydrogen-bond donors (Lipinski definition) is 0. The van der Waals surface area contributed by atoms with E-state index in [0.717, 1.165) is 25.9 Å². The van der Waals surface area contributed by atoms with Crippen molar-refractivity contribution >= 4 is 5.78 Å². The van der Waals surface area contributed by atoms with E-state index in [-0.39, 0.29) is 5.41 Å². The highest BCUT2D eigenvalue weighted by molar-refractivity contribution is 5.91. The van der Waals surface area contributed by atoms with Crippen LogP contribution >= 0.6 is 0 Å². The Kier molecular flexibility index (Phi) is 4.63. The van der Waals surface area contributed by atoms with Gasteiger partial charge in [-0.25, -0.2) is 0 Å². The second-order valence-electron chi connectivity index (χ2n) is 6.89. The first-order chi connectivity index (χ1) is 11.1. The van der Waals surface area contributed by atoms with E-state index in [1.807, 2.05) is 6.07 Å². The molecule has 0 aliphatic heterocycles. The molecule has 0 spiro atoms. The van der Waals surface area contributed by atoms with Crippen LogP contribution in [0.4, 0.5) is 0 Å². The Morgan fingerprint density at radius 1 is 1.00 bits per heavy atom. The van der Waals surface area contributed by atoms with E-state index in [1.165, 1.54) is 16.7 Å². The van der Waals surface area contributed by atoms with Crippen molar-refractivity contribution in [3.05, 3.63) is 71.3 Å². The van der Waals surface area contributed by atoms with Crippen molar-refractivity contribution in [1.29, 1.82) is 0 Å². The fraction of sp³-hybridized carbons (Fsp3) is 0.381. The van der Waals surface area contributed by atoms with E-state index in [0.29, 0.717) is 12.2 Å². The lowest BCUT2D eigenvalue weighted by molar-refractivity contribution is -0.125.